The summed E-state index contributed by atoms with van der Waals surface area (Å²) in [6.07, 6.45) is 5.86. The van der Waals surface area contributed by atoms with Gasteiger partial charge in [-0.15, -0.1) is 0 Å². The lowest BCUT2D eigenvalue weighted by Crippen LogP contribution is -2.20. The largest absolute Gasteiger partial charge is 0.441 e. The molecule has 0 bridgehead atoms. The van der Waals surface area contributed by atoms with E-state index in [9.17, 15) is 4.39 Å². The molecular formula is C18H17FN2O. The fraction of sp³-hybridized carbons (Fsp3) is 0.222. The summed E-state index contributed by atoms with van der Waals surface area (Å²) >= 11 is 0. The van der Waals surface area contributed by atoms with Gasteiger partial charge in [0.15, 0.2) is 0 Å². The van der Waals surface area contributed by atoms with Gasteiger partial charge in [0.25, 0.3) is 0 Å². The van der Waals surface area contributed by atoms with Crippen molar-refractivity contribution in [1.82, 2.24) is 4.98 Å². The minimum atomic E-state index is -0.267. The average molecular weight is 296 g/mol. The first kappa shape index (κ1) is 14.4. The lowest BCUT2D eigenvalue weighted by atomic mass is 9.86. The van der Waals surface area contributed by atoms with Crippen LogP contribution in [0.1, 0.15) is 17.9 Å². The molecule has 1 heterocycles. The first-order valence-electron chi connectivity index (χ1n) is 7.27. The lowest BCUT2D eigenvalue weighted by molar-refractivity contribution is 0.463. The molecule has 1 unspecified atom stereocenters. The van der Waals surface area contributed by atoms with Gasteiger partial charge in [-0.05, 0) is 36.8 Å². The van der Waals surface area contributed by atoms with E-state index in [0.717, 1.165) is 42.0 Å². The number of hydrogen-bond donors (Lipinski definition) is 0. The first-order valence-corrected chi connectivity index (χ1v) is 7.27. The molecule has 3 nitrogen and oxygen atoms in total. The zero-order valence-electron chi connectivity index (χ0n) is 12.3. The predicted octanol–water partition coefficient (Wildman–Crippen LogP) is 4.36. The van der Waals surface area contributed by atoms with Crippen LogP contribution in [0.15, 0.2) is 59.1 Å². The normalized spacial score (nSPS) is 17.9. The summed E-state index contributed by atoms with van der Waals surface area (Å²) in [6.45, 7) is 7.45. The topological polar surface area (TPSA) is 38.4 Å². The van der Waals surface area contributed by atoms with Crippen molar-refractivity contribution in [1.29, 1.82) is 0 Å². The molecule has 0 fully saturated rings. The zero-order chi connectivity index (χ0) is 15.5. The second-order valence-corrected chi connectivity index (χ2v) is 5.28. The number of aromatic nitrogens is 1. The van der Waals surface area contributed by atoms with E-state index in [0.29, 0.717) is 5.89 Å². The van der Waals surface area contributed by atoms with Crippen LogP contribution in [-0.4, -0.2) is 10.7 Å². The Labute approximate surface area is 128 Å². The molecule has 0 radical (unpaired) electrons. The Morgan fingerprint density at radius 1 is 1.32 bits per heavy atom. The van der Waals surface area contributed by atoms with Crippen LogP contribution in [0.4, 0.5) is 4.39 Å². The lowest BCUT2D eigenvalue weighted by Gasteiger charge is -2.19. The number of nitrogens with zero attached hydrogens (tertiary/aromatic N) is 2. The summed E-state index contributed by atoms with van der Waals surface area (Å²) in [7, 11) is 0. The van der Waals surface area contributed by atoms with Crippen LogP contribution in [0.5, 0.6) is 0 Å². The molecule has 0 spiro atoms. The SMILES string of the molecule is C=CN=C(C=C)C1CCc2oc(-c3ccc(F)cc3)nc2C1. The molecule has 1 aromatic heterocycles. The van der Waals surface area contributed by atoms with Crippen molar-refractivity contribution >= 4 is 5.71 Å². The van der Waals surface area contributed by atoms with Gasteiger partial charge in [0.1, 0.15) is 11.6 Å². The second kappa shape index (κ2) is 6.10. The van der Waals surface area contributed by atoms with Gasteiger partial charge in [-0.2, -0.15) is 0 Å². The summed E-state index contributed by atoms with van der Waals surface area (Å²) in [4.78, 5) is 8.85. The van der Waals surface area contributed by atoms with Crippen molar-refractivity contribution in [3.05, 3.63) is 67.0 Å². The highest BCUT2D eigenvalue weighted by Gasteiger charge is 2.26. The number of oxazole rings is 1. The van der Waals surface area contributed by atoms with Crippen LogP contribution in [0.3, 0.4) is 0 Å². The monoisotopic (exact) mass is 296 g/mol. The molecule has 0 aliphatic heterocycles. The number of hydrogen-bond acceptors (Lipinski definition) is 3. The summed E-state index contributed by atoms with van der Waals surface area (Å²) in [5.41, 5.74) is 2.68. The molecule has 0 saturated carbocycles. The Morgan fingerprint density at radius 3 is 2.77 bits per heavy atom. The third kappa shape index (κ3) is 2.77. The molecule has 0 N–H and O–H groups in total. The van der Waals surface area contributed by atoms with Gasteiger partial charge in [0.05, 0.1) is 5.69 Å². The molecule has 0 saturated heterocycles. The number of benzene rings is 1. The fourth-order valence-electron chi connectivity index (χ4n) is 2.78. The first-order chi connectivity index (χ1) is 10.7. The van der Waals surface area contributed by atoms with E-state index in [1.54, 1.807) is 24.4 Å². The van der Waals surface area contributed by atoms with Crippen LogP contribution in [-0.2, 0) is 12.8 Å². The minimum absolute atomic E-state index is 0.267. The van der Waals surface area contributed by atoms with Crippen molar-refractivity contribution in [2.75, 3.05) is 0 Å². The second-order valence-electron chi connectivity index (χ2n) is 5.28. The van der Waals surface area contributed by atoms with Crippen molar-refractivity contribution < 1.29 is 8.81 Å². The van der Waals surface area contributed by atoms with Gasteiger partial charge in [-0.1, -0.05) is 13.2 Å². The minimum Gasteiger partial charge on any atom is -0.441 e. The van der Waals surface area contributed by atoms with Crippen LogP contribution in [0.2, 0.25) is 0 Å². The van der Waals surface area contributed by atoms with E-state index in [2.05, 4.69) is 23.1 Å². The van der Waals surface area contributed by atoms with E-state index in [1.165, 1.54) is 12.1 Å². The van der Waals surface area contributed by atoms with Gasteiger partial charge in [0.2, 0.25) is 5.89 Å². The number of aliphatic imine (C=N–C) groups is 1. The molecule has 4 heteroatoms. The van der Waals surface area contributed by atoms with Crippen LogP contribution >= 0.6 is 0 Å². The average Bonchev–Trinajstić information content (AvgIpc) is 2.96. The summed E-state index contributed by atoms with van der Waals surface area (Å²) in [6, 6.07) is 6.18. The van der Waals surface area contributed by atoms with E-state index in [1.807, 2.05) is 0 Å². The molecule has 22 heavy (non-hydrogen) atoms. The molecule has 1 atom stereocenters. The number of fused-ring (bicyclic) bond motifs is 1. The Bertz CT molecular complexity index is 728. The van der Waals surface area contributed by atoms with Gasteiger partial charge in [0, 0.05) is 36.2 Å². The van der Waals surface area contributed by atoms with E-state index in [-0.39, 0.29) is 11.7 Å². The highest BCUT2D eigenvalue weighted by atomic mass is 19.1. The van der Waals surface area contributed by atoms with Crippen LogP contribution < -0.4 is 0 Å². The van der Waals surface area contributed by atoms with Gasteiger partial charge in [-0.3, -0.25) is 4.99 Å². The maximum atomic E-state index is 13.0. The summed E-state index contributed by atoms with van der Waals surface area (Å²) in [5.74, 6) is 1.48. The molecule has 112 valence electrons. The van der Waals surface area contributed by atoms with Gasteiger partial charge >= 0.3 is 0 Å². The predicted molar refractivity (Wildman–Crippen MR) is 85.2 cm³/mol. The van der Waals surface area contributed by atoms with Crippen LogP contribution in [0, 0.1) is 11.7 Å². The smallest absolute Gasteiger partial charge is 0.226 e. The quantitative estimate of drug-likeness (QED) is 0.786. The Morgan fingerprint density at radius 2 is 2.09 bits per heavy atom. The third-order valence-electron chi connectivity index (χ3n) is 3.90. The third-order valence-corrected chi connectivity index (χ3v) is 3.90. The maximum absolute atomic E-state index is 13.0. The van der Waals surface area contributed by atoms with Gasteiger partial charge in [-0.25, -0.2) is 9.37 Å². The molecule has 1 aliphatic carbocycles. The molecule has 0 amide bonds. The standard InChI is InChI=1S/C18H17FN2O/c1-3-15(20-4-2)13-7-10-17-16(11-13)21-18(22-17)12-5-8-14(19)9-6-12/h3-6,8-9,13H,1-2,7,10-11H2. The van der Waals surface area contributed by atoms with E-state index >= 15 is 0 Å². The molecule has 3 rings (SSSR count). The van der Waals surface area contributed by atoms with Crippen molar-refractivity contribution in [2.24, 2.45) is 10.9 Å². The highest BCUT2D eigenvalue weighted by molar-refractivity contribution is 5.97. The van der Waals surface area contributed by atoms with Gasteiger partial charge < -0.3 is 4.42 Å². The number of allylic oxidation sites excluding steroid dienone is 1. The number of rotatable bonds is 4. The van der Waals surface area contributed by atoms with Crippen LogP contribution in [0.25, 0.3) is 11.5 Å². The van der Waals surface area contributed by atoms with E-state index < -0.39 is 0 Å². The molecule has 2 aromatic rings. The molecule has 1 aromatic carbocycles. The Balaban J connectivity index is 1.87. The van der Waals surface area contributed by atoms with Crippen molar-refractivity contribution in [3.8, 4) is 11.5 Å². The summed E-state index contributed by atoms with van der Waals surface area (Å²) in [5, 5.41) is 0. The Hall–Kier alpha value is -2.49. The molecule has 1 aliphatic rings. The number of aryl methyl sites for hydroxylation is 1. The highest BCUT2D eigenvalue weighted by Crippen LogP contribution is 2.30. The fourth-order valence-corrected chi connectivity index (χ4v) is 2.78. The van der Waals surface area contributed by atoms with E-state index in [4.69, 9.17) is 4.42 Å². The van der Waals surface area contributed by atoms with Crippen molar-refractivity contribution in [3.63, 3.8) is 0 Å². The maximum Gasteiger partial charge on any atom is 0.226 e. The van der Waals surface area contributed by atoms with Crippen molar-refractivity contribution in [2.45, 2.75) is 19.3 Å². The zero-order valence-corrected chi connectivity index (χ0v) is 12.3. The molecular weight excluding hydrogens is 279 g/mol. The summed E-state index contributed by atoms with van der Waals surface area (Å²) < 4.78 is 18.8. The Kier molecular flexibility index (Phi) is 4.00. The number of halogens is 1.